The number of aliphatic hydroxyl groups is 4. The second-order valence-corrected chi connectivity index (χ2v) is 22.7. The Labute approximate surface area is 513 Å². The number of rotatable bonds is 26. The lowest BCUT2D eigenvalue weighted by molar-refractivity contribution is -0.193. The molecular formula is C57H73F2N13O16S. The number of primary amides is 1. The SMILES string of the molecule is CCC(=O)OC[C@H]1O[C@@H](S[C@@H]2O[C@H](COC(=O)N(C)CCN(C)C(=O)OCc3ccc(NC(=O)[C@H](CCCNC(N)=O)NC(=O)[C@@H](NC(C)=O)C(C)C)cc3)[C@H](O)[C@H](n3cc(-c4cccc(F)c4)nn3)[C@H]2O)[C@H](O)[C@@H](n2cc(-c3cccc(F)c3)nn2)[C@H]1O. The van der Waals surface area contributed by atoms with E-state index in [9.17, 15) is 62.8 Å². The predicted octanol–water partition coefficient (Wildman–Crippen LogP) is 2.21. The average molecular weight is 1270 g/mol. The molecule has 0 bridgehead atoms. The van der Waals surface area contributed by atoms with Crippen LogP contribution in [0.5, 0.6) is 0 Å². The number of aliphatic hydroxyl groups excluding tert-OH is 4. The standard InChI is InChI=1S/C57H73F2N13O16S/c1-7-43(74)84-28-41-47(75)45(71-25-39(65-67-71)33-11-8-13-35(58)23-33)49(77)53(87-41)89-54-50(78)46(72-26-40(66-68-72)34-12-9-14-36(59)24-34)48(76)42(88-54)29-86-57(83)70(6)22-21-69(5)56(82)85-27-32-16-18-37(19-17-32)63-51(79)38(15-10-20-61-55(60)81)64-52(80)44(30(2)3)62-31(4)73/h8-9,11-14,16-19,23-26,30,38,41-42,44-50,53-54,75-78H,7,10,15,20-22,27-29H2,1-6H3,(H,62,73)(H,63,79)(H,64,80)(H3,60,61,81)/t38-,41+,42+,44-,45-,46-,47-,48-,49+,50+,53-,54-/m0/s1. The number of benzene rings is 3. The molecule has 2 aliphatic rings. The number of hydrogen-bond acceptors (Lipinski definition) is 21. The number of aromatic nitrogens is 6. The van der Waals surface area contributed by atoms with Gasteiger partial charge in [0.15, 0.2) is 0 Å². The van der Waals surface area contributed by atoms with Crippen LogP contribution in [0.2, 0.25) is 0 Å². The molecule has 32 heteroatoms. The van der Waals surface area contributed by atoms with E-state index in [2.05, 4.69) is 41.9 Å². The Kier molecular flexibility index (Phi) is 24.2. The maximum Gasteiger partial charge on any atom is 0.409 e. The molecule has 89 heavy (non-hydrogen) atoms. The summed E-state index contributed by atoms with van der Waals surface area (Å²) in [7, 11) is 2.82. The first-order valence-electron chi connectivity index (χ1n) is 28.4. The van der Waals surface area contributed by atoms with Crippen LogP contribution in [0.25, 0.3) is 22.5 Å². The number of carbonyl (C=O) groups is 7. The van der Waals surface area contributed by atoms with Crippen LogP contribution in [0.15, 0.2) is 85.2 Å². The summed E-state index contributed by atoms with van der Waals surface area (Å²) < 4.78 is 59.7. The fraction of sp³-hybridized carbons (Fsp3) is 0.491. The van der Waals surface area contributed by atoms with Crippen LogP contribution in [0.3, 0.4) is 0 Å². The van der Waals surface area contributed by atoms with Gasteiger partial charge in [-0.2, -0.15) is 0 Å². The smallest absolute Gasteiger partial charge is 0.409 e. The number of likely N-dealkylation sites (N-methyl/N-ethyl adjacent to an activating group) is 2. The van der Waals surface area contributed by atoms with Gasteiger partial charge in [-0.05, 0) is 60.7 Å². The van der Waals surface area contributed by atoms with Gasteiger partial charge in [-0.15, -0.1) is 10.2 Å². The zero-order valence-corrected chi connectivity index (χ0v) is 50.3. The highest BCUT2D eigenvalue weighted by Crippen LogP contribution is 2.43. The van der Waals surface area contributed by atoms with E-state index in [1.807, 2.05) is 0 Å². The first-order chi connectivity index (χ1) is 42.4. The molecule has 10 N–H and O–H groups in total. The molecule has 7 rings (SSSR count). The van der Waals surface area contributed by atoms with Crippen molar-refractivity contribution in [2.75, 3.05) is 52.3 Å². The minimum absolute atomic E-state index is 0.0114. The highest BCUT2D eigenvalue weighted by molar-refractivity contribution is 8.00. The normalized spacial score (nSPS) is 22.2. The van der Waals surface area contributed by atoms with Gasteiger partial charge in [0, 0.05) is 63.9 Å². The van der Waals surface area contributed by atoms with Crippen molar-refractivity contribution in [3.05, 3.63) is 102 Å². The van der Waals surface area contributed by atoms with E-state index in [-0.39, 0.29) is 62.8 Å². The average Bonchev–Trinajstić information content (AvgIpc) is 1.91. The van der Waals surface area contributed by atoms with Crippen LogP contribution in [-0.4, -0.2) is 209 Å². The molecule has 2 aliphatic heterocycles. The van der Waals surface area contributed by atoms with Gasteiger partial charge >= 0.3 is 24.2 Å². The summed E-state index contributed by atoms with van der Waals surface area (Å²) in [5, 5.41) is 74.7. The number of halogens is 2. The number of thioether (sulfide) groups is 1. The van der Waals surface area contributed by atoms with Gasteiger partial charge < -0.3 is 80.9 Å². The molecule has 29 nitrogen and oxygen atoms in total. The molecule has 0 spiro atoms. The summed E-state index contributed by atoms with van der Waals surface area (Å²) in [4.78, 5) is 91.0. The molecule has 2 fully saturated rings. The molecule has 0 aliphatic carbocycles. The number of carbonyl (C=O) groups excluding carboxylic acids is 7. The largest absolute Gasteiger partial charge is 0.463 e. The lowest BCUT2D eigenvalue weighted by Gasteiger charge is -2.46. The molecule has 2 aromatic heterocycles. The summed E-state index contributed by atoms with van der Waals surface area (Å²) in [6.45, 7) is 4.99. The molecule has 0 saturated carbocycles. The lowest BCUT2D eigenvalue weighted by Crippen LogP contribution is -2.58. The minimum atomic E-state index is -1.71. The molecule has 4 heterocycles. The van der Waals surface area contributed by atoms with Crippen molar-refractivity contribution in [1.82, 2.24) is 55.7 Å². The molecule has 5 aromatic rings. The Morgan fingerprint density at radius 2 is 1.24 bits per heavy atom. The zero-order valence-electron chi connectivity index (χ0n) is 49.5. The zero-order chi connectivity index (χ0) is 64.6. The number of nitrogens with two attached hydrogens (primary N) is 1. The number of anilines is 1. The van der Waals surface area contributed by atoms with Crippen LogP contribution in [0.1, 0.15) is 64.6 Å². The second kappa shape index (κ2) is 31.7. The van der Waals surface area contributed by atoms with Gasteiger partial charge in [0.1, 0.15) is 115 Å². The van der Waals surface area contributed by atoms with Crippen LogP contribution in [0.4, 0.5) is 28.9 Å². The first kappa shape index (κ1) is 68.1. The van der Waals surface area contributed by atoms with E-state index in [1.54, 1.807) is 57.2 Å². The van der Waals surface area contributed by atoms with Crippen LogP contribution in [-0.2, 0) is 49.5 Å². The summed E-state index contributed by atoms with van der Waals surface area (Å²) in [6.07, 6.45) is -8.01. The van der Waals surface area contributed by atoms with Crippen molar-refractivity contribution in [1.29, 1.82) is 0 Å². The molecule has 2 saturated heterocycles. The highest BCUT2D eigenvalue weighted by Gasteiger charge is 2.52. The summed E-state index contributed by atoms with van der Waals surface area (Å²) in [5.74, 6) is -3.62. The van der Waals surface area contributed by atoms with Crippen molar-refractivity contribution in [3.8, 4) is 22.5 Å². The van der Waals surface area contributed by atoms with Gasteiger partial charge in [-0.1, -0.05) is 79.4 Å². The maximum atomic E-state index is 14.3. The Morgan fingerprint density at radius 1 is 0.719 bits per heavy atom. The summed E-state index contributed by atoms with van der Waals surface area (Å²) in [6, 6.07) is 11.8. The van der Waals surface area contributed by atoms with Gasteiger partial charge in [-0.25, -0.2) is 32.5 Å². The molecule has 0 unspecified atom stereocenters. The second-order valence-electron chi connectivity index (χ2n) is 21.5. The van der Waals surface area contributed by atoms with Crippen molar-refractivity contribution in [2.45, 2.75) is 125 Å². The predicted molar refractivity (Wildman–Crippen MR) is 312 cm³/mol. The topological polar surface area (TPSA) is 389 Å². The first-order valence-corrected chi connectivity index (χ1v) is 29.3. The van der Waals surface area contributed by atoms with E-state index in [0.717, 1.165) is 14.3 Å². The number of nitrogens with one attached hydrogen (secondary N) is 4. The van der Waals surface area contributed by atoms with E-state index < -0.39 is 138 Å². The Bertz CT molecular complexity index is 3240. The fourth-order valence-corrected chi connectivity index (χ4v) is 10.8. The van der Waals surface area contributed by atoms with E-state index >= 15 is 0 Å². The van der Waals surface area contributed by atoms with Crippen molar-refractivity contribution < 1.29 is 86.5 Å². The fourth-order valence-electron chi connectivity index (χ4n) is 9.49. The third-order valence-corrected chi connectivity index (χ3v) is 15.7. The van der Waals surface area contributed by atoms with Crippen molar-refractivity contribution >= 4 is 59.4 Å². The molecule has 0 radical (unpaired) electrons. The summed E-state index contributed by atoms with van der Waals surface area (Å²) >= 11 is 0.707. The van der Waals surface area contributed by atoms with Crippen molar-refractivity contribution in [2.24, 2.45) is 11.7 Å². The number of amides is 7. The molecule has 7 amide bonds. The van der Waals surface area contributed by atoms with Crippen LogP contribution < -0.4 is 27.0 Å². The van der Waals surface area contributed by atoms with Crippen LogP contribution in [0, 0.1) is 17.6 Å². The monoisotopic (exact) mass is 1270 g/mol. The molecular weight excluding hydrogens is 1190 g/mol. The Hall–Kier alpha value is -8.40. The van der Waals surface area contributed by atoms with E-state index in [0.29, 0.717) is 34.1 Å². The lowest BCUT2D eigenvalue weighted by atomic mass is 9.97. The van der Waals surface area contributed by atoms with Gasteiger partial charge in [0.05, 0.1) is 12.4 Å². The third kappa shape index (κ3) is 18.6. The molecule has 3 aromatic carbocycles. The van der Waals surface area contributed by atoms with Gasteiger partial charge in [0.25, 0.3) is 0 Å². The molecule has 482 valence electrons. The van der Waals surface area contributed by atoms with Crippen molar-refractivity contribution in [3.63, 3.8) is 0 Å². The highest BCUT2D eigenvalue weighted by atomic mass is 32.2. The summed E-state index contributed by atoms with van der Waals surface area (Å²) in [5.41, 5.74) is 4.16. The molecule has 12 atom stereocenters. The maximum absolute atomic E-state index is 14.3. The number of urea groups is 1. The number of ether oxygens (including phenoxy) is 5. The minimum Gasteiger partial charge on any atom is -0.463 e. The third-order valence-electron chi connectivity index (χ3n) is 14.4. The quantitative estimate of drug-likeness (QED) is 0.0218. The van der Waals surface area contributed by atoms with Gasteiger partial charge in [-0.3, -0.25) is 19.2 Å². The Balaban J connectivity index is 0.979. The van der Waals surface area contributed by atoms with Crippen LogP contribution >= 0.6 is 11.8 Å². The number of nitrogens with zero attached hydrogens (tertiary/aromatic N) is 8. The van der Waals surface area contributed by atoms with E-state index in [4.69, 9.17) is 29.4 Å². The Morgan fingerprint density at radius 3 is 1.72 bits per heavy atom. The van der Waals surface area contributed by atoms with Gasteiger partial charge in [0.2, 0.25) is 17.7 Å². The number of esters is 1. The number of hydrogen-bond donors (Lipinski definition) is 9. The van der Waals surface area contributed by atoms with E-state index in [1.165, 1.54) is 74.7 Å².